The molecule has 2 unspecified atom stereocenters. The van der Waals surface area contributed by atoms with Crippen LogP contribution in [-0.2, 0) is 17.6 Å². The summed E-state index contributed by atoms with van der Waals surface area (Å²) < 4.78 is 0. The summed E-state index contributed by atoms with van der Waals surface area (Å²) in [6.45, 7) is 23.9. The lowest BCUT2D eigenvalue weighted by Crippen LogP contribution is -2.27. The number of hydrogen-bond donors (Lipinski definition) is 3. The van der Waals surface area contributed by atoms with Crippen LogP contribution in [0.1, 0.15) is 104 Å². The van der Waals surface area contributed by atoms with Crippen molar-refractivity contribution in [1.29, 1.82) is 5.41 Å². The van der Waals surface area contributed by atoms with E-state index >= 15 is 0 Å². The summed E-state index contributed by atoms with van der Waals surface area (Å²) >= 11 is 0. The number of rotatable bonds is 15. The highest BCUT2D eigenvalue weighted by molar-refractivity contribution is 6.09. The predicted octanol–water partition coefficient (Wildman–Crippen LogP) is 8.07. The monoisotopic (exact) mass is 519 g/mol. The minimum Gasteiger partial charge on any atom is -0.388 e. The van der Waals surface area contributed by atoms with E-state index in [1.807, 2.05) is 25.3 Å². The Hall–Kier alpha value is -2.72. The first-order chi connectivity index (χ1) is 17.8. The van der Waals surface area contributed by atoms with Crippen LogP contribution in [0, 0.1) is 16.7 Å². The summed E-state index contributed by atoms with van der Waals surface area (Å²) in [6.07, 6.45) is 12.2. The van der Waals surface area contributed by atoms with Gasteiger partial charge in [-0.3, -0.25) is 4.79 Å². The van der Waals surface area contributed by atoms with Crippen molar-refractivity contribution < 1.29 is 4.79 Å². The number of benzene rings is 1. The summed E-state index contributed by atoms with van der Waals surface area (Å²) in [5.41, 5.74) is 14.1. The molecular formula is C34H53N3O. The van der Waals surface area contributed by atoms with Crippen LogP contribution in [0.2, 0.25) is 0 Å². The van der Waals surface area contributed by atoms with Gasteiger partial charge < -0.3 is 16.5 Å². The molecule has 0 saturated heterocycles. The second kappa shape index (κ2) is 15.6. The summed E-state index contributed by atoms with van der Waals surface area (Å²) in [5.74, 6) is 0.474. The van der Waals surface area contributed by atoms with Crippen molar-refractivity contribution in [2.24, 2.45) is 17.1 Å². The number of nitrogens with two attached hydrogens (primary N) is 1. The van der Waals surface area contributed by atoms with E-state index in [1.54, 1.807) is 6.92 Å². The third kappa shape index (κ3) is 9.54. The number of allylic oxidation sites excluding steroid dienone is 6. The molecule has 0 aliphatic heterocycles. The van der Waals surface area contributed by atoms with E-state index in [0.29, 0.717) is 24.1 Å². The smallest absolute Gasteiger partial charge is 0.160 e. The normalized spacial score (nSPS) is 14.7. The summed E-state index contributed by atoms with van der Waals surface area (Å²) in [7, 11) is 0. The minimum absolute atomic E-state index is 0.0250. The first-order valence-corrected chi connectivity index (χ1v) is 14.2. The van der Waals surface area contributed by atoms with Crippen molar-refractivity contribution in [2.45, 2.75) is 100 Å². The molecule has 4 nitrogen and oxygen atoms in total. The standard InChI is InChI=1S/C34H53N3O/c1-11-14-30(15-16-35)37-22-29(21-36)33-20-28(18-25(6)34(8,9)10)32(19-27(33)12-2)24(5)17-23(4)31(13-3)26(7)38/h13,17,19-22,25,30,36-37H,4,11-12,14-16,18,35H2,1-3,5-10H3/b24-17+,29-22+,31-13+,36-21?. The zero-order valence-electron chi connectivity index (χ0n) is 25.6. The topological polar surface area (TPSA) is 79.0 Å². The van der Waals surface area contributed by atoms with Gasteiger partial charge in [0.25, 0.3) is 0 Å². The van der Waals surface area contributed by atoms with Crippen molar-refractivity contribution >= 4 is 23.1 Å². The Morgan fingerprint density at radius 3 is 2.24 bits per heavy atom. The lowest BCUT2D eigenvalue weighted by atomic mass is 9.76. The van der Waals surface area contributed by atoms with Crippen molar-refractivity contribution in [3.8, 4) is 0 Å². The molecule has 0 aliphatic carbocycles. The number of nitrogens with one attached hydrogen (secondary N) is 2. The van der Waals surface area contributed by atoms with E-state index in [4.69, 9.17) is 11.1 Å². The molecule has 38 heavy (non-hydrogen) atoms. The fourth-order valence-electron chi connectivity index (χ4n) is 4.72. The maximum atomic E-state index is 12.1. The number of carbonyl (C=O) groups excluding carboxylic acids is 1. The molecule has 0 bridgehead atoms. The van der Waals surface area contributed by atoms with E-state index in [2.05, 4.69) is 72.5 Å². The van der Waals surface area contributed by atoms with E-state index in [9.17, 15) is 4.79 Å². The van der Waals surface area contributed by atoms with Gasteiger partial charge in [-0.15, -0.1) is 0 Å². The molecule has 0 aliphatic rings. The summed E-state index contributed by atoms with van der Waals surface area (Å²) in [6, 6.07) is 4.88. The SMILES string of the molecule is C=C(/C=C(\C)c1cc(CC)c(/C(C=N)=C/NC(CCC)CCN)cc1CC(C)C(C)(C)C)/C(=C\C)C(C)=O. The van der Waals surface area contributed by atoms with Crippen LogP contribution in [0.4, 0.5) is 0 Å². The van der Waals surface area contributed by atoms with Crippen LogP contribution >= 0.6 is 0 Å². The second-order valence-corrected chi connectivity index (χ2v) is 11.6. The maximum absolute atomic E-state index is 12.1. The highest BCUT2D eigenvalue weighted by Gasteiger charge is 2.23. The van der Waals surface area contributed by atoms with Crippen molar-refractivity contribution in [1.82, 2.24) is 5.32 Å². The van der Waals surface area contributed by atoms with Gasteiger partial charge >= 0.3 is 0 Å². The Bertz CT molecular complexity index is 1060. The Morgan fingerprint density at radius 2 is 1.76 bits per heavy atom. The van der Waals surface area contributed by atoms with Gasteiger partial charge in [-0.1, -0.05) is 78.8 Å². The first-order valence-electron chi connectivity index (χ1n) is 14.2. The van der Waals surface area contributed by atoms with Gasteiger partial charge in [-0.25, -0.2) is 0 Å². The quantitative estimate of drug-likeness (QED) is 0.124. The molecule has 1 rings (SSSR count). The fraction of sp³-hybridized carbons (Fsp3) is 0.529. The molecule has 0 radical (unpaired) electrons. The van der Waals surface area contributed by atoms with Gasteiger partial charge in [0.1, 0.15) is 0 Å². The molecule has 1 aromatic rings. The molecule has 4 N–H and O–H groups in total. The molecule has 4 heteroatoms. The second-order valence-electron chi connectivity index (χ2n) is 11.6. The van der Waals surface area contributed by atoms with Crippen LogP contribution in [0.5, 0.6) is 0 Å². The third-order valence-corrected chi connectivity index (χ3v) is 7.64. The van der Waals surface area contributed by atoms with E-state index < -0.39 is 0 Å². The Balaban J connectivity index is 3.74. The third-order valence-electron chi connectivity index (χ3n) is 7.64. The first kappa shape index (κ1) is 33.3. The van der Waals surface area contributed by atoms with Crippen LogP contribution in [0.3, 0.4) is 0 Å². The molecule has 0 aromatic heterocycles. The van der Waals surface area contributed by atoms with Crippen LogP contribution in [-0.4, -0.2) is 24.6 Å². The molecule has 210 valence electrons. The molecule has 0 fully saturated rings. The van der Waals surface area contributed by atoms with Gasteiger partial charge in [0.15, 0.2) is 5.78 Å². The molecule has 0 spiro atoms. The Labute approximate surface area is 233 Å². The molecular weight excluding hydrogens is 466 g/mol. The number of aryl methyl sites for hydroxylation is 1. The van der Waals surface area contributed by atoms with Gasteiger partial charge in [0.05, 0.1) is 0 Å². The summed E-state index contributed by atoms with van der Waals surface area (Å²) in [4.78, 5) is 12.1. The van der Waals surface area contributed by atoms with E-state index in [-0.39, 0.29) is 11.2 Å². The lowest BCUT2D eigenvalue weighted by Gasteiger charge is -2.29. The highest BCUT2D eigenvalue weighted by atomic mass is 16.1. The van der Waals surface area contributed by atoms with Gasteiger partial charge in [0, 0.05) is 29.6 Å². The van der Waals surface area contributed by atoms with Gasteiger partial charge in [-0.2, -0.15) is 0 Å². The number of Topliss-reactive ketones (excluding diaryl/α,β-unsaturated/α-hetero) is 1. The number of carbonyl (C=O) groups is 1. The Kier molecular flexibility index (Phi) is 13.7. The zero-order chi connectivity index (χ0) is 29.0. The highest BCUT2D eigenvalue weighted by Crippen LogP contribution is 2.34. The van der Waals surface area contributed by atoms with Crippen LogP contribution < -0.4 is 11.1 Å². The number of ketones is 1. The van der Waals surface area contributed by atoms with E-state index in [1.165, 1.54) is 22.9 Å². The van der Waals surface area contributed by atoms with Crippen LogP contribution in [0.25, 0.3) is 11.1 Å². The van der Waals surface area contributed by atoms with Gasteiger partial charge in [0.2, 0.25) is 0 Å². The largest absolute Gasteiger partial charge is 0.388 e. The Morgan fingerprint density at radius 1 is 1.13 bits per heavy atom. The van der Waals surface area contributed by atoms with Gasteiger partial charge in [-0.05, 0) is 97.7 Å². The zero-order valence-corrected chi connectivity index (χ0v) is 25.6. The van der Waals surface area contributed by atoms with Crippen molar-refractivity contribution in [3.63, 3.8) is 0 Å². The lowest BCUT2D eigenvalue weighted by molar-refractivity contribution is -0.113. The molecule has 0 amide bonds. The molecule has 2 atom stereocenters. The average Bonchev–Trinajstić information content (AvgIpc) is 2.84. The molecule has 0 saturated carbocycles. The maximum Gasteiger partial charge on any atom is 0.160 e. The minimum atomic E-state index is 0.0250. The van der Waals surface area contributed by atoms with Crippen molar-refractivity contribution in [2.75, 3.05) is 6.54 Å². The molecule has 1 aromatic carbocycles. The predicted molar refractivity (Wildman–Crippen MR) is 168 cm³/mol. The van der Waals surface area contributed by atoms with E-state index in [0.717, 1.165) is 54.4 Å². The van der Waals surface area contributed by atoms with Crippen molar-refractivity contribution in [3.05, 3.63) is 70.5 Å². The average molecular weight is 520 g/mol. The summed E-state index contributed by atoms with van der Waals surface area (Å²) in [5, 5.41) is 11.8. The fourth-order valence-corrected chi connectivity index (χ4v) is 4.72. The number of hydrogen-bond acceptors (Lipinski definition) is 4. The molecule has 0 heterocycles. The van der Waals surface area contributed by atoms with Crippen LogP contribution in [0.15, 0.2) is 48.2 Å².